The minimum absolute atomic E-state index is 0.0888. The van der Waals surface area contributed by atoms with Crippen molar-refractivity contribution in [2.24, 2.45) is 5.41 Å². The lowest BCUT2D eigenvalue weighted by Gasteiger charge is -2.30. The monoisotopic (exact) mass is 270 g/mol. The predicted octanol–water partition coefficient (Wildman–Crippen LogP) is 3.27. The minimum atomic E-state index is -0.126. The van der Waals surface area contributed by atoms with E-state index in [1.54, 1.807) is 7.11 Å². The molecule has 0 aromatic heterocycles. The van der Waals surface area contributed by atoms with Crippen LogP contribution < -0.4 is 10.1 Å². The first-order valence-corrected chi connectivity index (χ1v) is 6.53. The second kappa shape index (κ2) is 5.38. The standard InChI is InChI=1S/C16H18N2O2/c1-16(2)8-14(13(10-17)15(19)9-16)18-11-5-4-6-12(7-11)20-3/h4-7,18H,8-9H2,1-3H3. The van der Waals surface area contributed by atoms with Crippen LogP contribution in [0.15, 0.2) is 35.5 Å². The van der Waals surface area contributed by atoms with Crippen LogP contribution in [0.1, 0.15) is 26.7 Å². The first-order valence-electron chi connectivity index (χ1n) is 6.53. The molecule has 0 aliphatic heterocycles. The number of ketones is 1. The summed E-state index contributed by atoms with van der Waals surface area (Å²) in [5.74, 6) is 0.643. The topological polar surface area (TPSA) is 62.1 Å². The highest BCUT2D eigenvalue weighted by atomic mass is 16.5. The lowest BCUT2D eigenvalue weighted by atomic mass is 9.76. The Morgan fingerprint density at radius 1 is 1.35 bits per heavy atom. The summed E-state index contributed by atoms with van der Waals surface area (Å²) >= 11 is 0. The van der Waals surface area contributed by atoms with Gasteiger partial charge in [-0.05, 0) is 24.0 Å². The quantitative estimate of drug-likeness (QED) is 0.915. The molecule has 1 aromatic carbocycles. The van der Waals surface area contributed by atoms with Crippen molar-refractivity contribution in [3.05, 3.63) is 35.5 Å². The molecule has 0 bridgehead atoms. The van der Waals surface area contributed by atoms with Crippen molar-refractivity contribution in [1.82, 2.24) is 0 Å². The summed E-state index contributed by atoms with van der Waals surface area (Å²) in [6, 6.07) is 9.47. The van der Waals surface area contributed by atoms with Crippen molar-refractivity contribution in [2.45, 2.75) is 26.7 Å². The van der Waals surface area contributed by atoms with Gasteiger partial charge in [0.25, 0.3) is 0 Å². The fourth-order valence-corrected chi connectivity index (χ4v) is 2.43. The highest BCUT2D eigenvalue weighted by molar-refractivity contribution is 6.01. The van der Waals surface area contributed by atoms with E-state index in [-0.39, 0.29) is 16.8 Å². The van der Waals surface area contributed by atoms with Crippen LogP contribution in [0.25, 0.3) is 0 Å². The molecule has 0 atom stereocenters. The largest absolute Gasteiger partial charge is 0.497 e. The lowest BCUT2D eigenvalue weighted by molar-refractivity contribution is -0.117. The fraction of sp³-hybridized carbons (Fsp3) is 0.375. The third-order valence-electron chi connectivity index (χ3n) is 3.35. The molecule has 0 amide bonds. The van der Waals surface area contributed by atoms with Crippen molar-refractivity contribution >= 4 is 11.5 Å². The van der Waals surface area contributed by atoms with E-state index < -0.39 is 0 Å². The Morgan fingerprint density at radius 3 is 2.75 bits per heavy atom. The maximum atomic E-state index is 12.0. The second-order valence-corrected chi connectivity index (χ2v) is 5.76. The number of Topliss-reactive ketones (excluding diaryl/α,β-unsaturated/α-hetero) is 1. The van der Waals surface area contributed by atoms with E-state index in [1.165, 1.54) is 0 Å². The Bertz CT molecular complexity index is 609. The number of carbonyl (C=O) groups excluding carboxylic acids is 1. The van der Waals surface area contributed by atoms with Gasteiger partial charge in [-0.1, -0.05) is 19.9 Å². The molecule has 0 unspecified atom stereocenters. The van der Waals surface area contributed by atoms with E-state index in [1.807, 2.05) is 44.2 Å². The number of nitrogens with zero attached hydrogens (tertiary/aromatic N) is 1. The van der Waals surface area contributed by atoms with Crippen LogP contribution in [0, 0.1) is 16.7 Å². The van der Waals surface area contributed by atoms with Gasteiger partial charge in [0.2, 0.25) is 0 Å². The van der Waals surface area contributed by atoms with Gasteiger partial charge in [-0.15, -0.1) is 0 Å². The average molecular weight is 270 g/mol. The zero-order valence-electron chi connectivity index (χ0n) is 12.0. The molecule has 1 aromatic rings. The lowest BCUT2D eigenvalue weighted by Crippen LogP contribution is -2.28. The van der Waals surface area contributed by atoms with Crippen molar-refractivity contribution in [2.75, 3.05) is 12.4 Å². The molecule has 0 heterocycles. The SMILES string of the molecule is COc1cccc(NC2=C(C#N)C(=O)CC(C)(C)C2)c1. The maximum Gasteiger partial charge on any atom is 0.175 e. The van der Waals surface area contributed by atoms with Crippen LogP contribution in [0.4, 0.5) is 5.69 Å². The van der Waals surface area contributed by atoms with E-state index in [0.717, 1.165) is 11.4 Å². The minimum Gasteiger partial charge on any atom is -0.497 e. The normalized spacial score (nSPS) is 17.6. The summed E-state index contributed by atoms with van der Waals surface area (Å²) in [4.78, 5) is 12.0. The second-order valence-electron chi connectivity index (χ2n) is 5.76. The van der Waals surface area contributed by atoms with Gasteiger partial charge in [0.1, 0.15) is 17.4 Å². The number of benzene rings is 1. The first kappa shape index (κ1) is 14.1. The van der Waals surface area contributed by atoms with Crippen molar-refractivity contribution < 1.29 is 9.53 Å². The van der Waals surface area contributed by atoms with Crippen molar-refractivity contribution in [3.63, 3.8) is 0 Å². The Morgan fingerprint density at radius 2 is 2.10 bits per heavy atom. The number of hydrogen-bond acceptors (Lipinski definition) is 4. The number of methoxy groups -OCH3 is 1. The summed E-state index contributed by atoms with van der Waals surface area (Å²) in [6.45, 7) is 4.07. The molecule has 1 aliphatic rings. The molecule has 0 radical (unpaired) electrons. The van der Waals surface area contributed by atoms with E-state index in [0.29, 0.717) is 18.5 Å². The highest BCUT2D eigenvalue weighted by Crippen LogP contribution is 2.37. The number of anilines is 1. The molecule has 0 saturated carbocycles. The van der Waals surface area contributed by atoms with Gasteiger partial charge in [-0.3, -0.25) is 4.79 Å². The molecule has 2 rings (SSSR count). The van der Waals surface area contributed by atoms with Crippen LogP contribution in [-0.2, 0) is 4.79 Å². The summed E-state index contributed by atoms with van der Waals surface area (Å²) in [6.07, 6.45) is 1.10. The number of nitriles is 1. The Hall–Kier alpha value is -2.28. The smallest absolute Gasteiger partial charge is 0.175 e. The third-order valence-corrected chi connectivity index (χ3v) is 3.35. The summed E-state index contributed by atoms with van der Waals surface area (Å²) in [5, 5.41) is 12.4. The molecule has 20 heavy (non-hydrogen) atoms. The third kappa shape index (κ3) is 3.00. The van der Waals surface area contributed by atoms with Gasteiger partial charge < -0.3 is 10.1 Å². The average Bonchev–Trinajstić information content (AvgIpc) is 2.37. The van der Waals surface area contributed by atoms with Crippen LogP contribution in [0.2, 0.25) is 0 Å². The van der Waals surface area contributed by atoms with E-state index in [9.17, 15) is 10.1 Å². The van der Waals surface area contributed by atoms with E-state index in [2.05, 4.69) is 5.32 Å². The highest BCUT2D eigenvalue weighted by Gasteiger charge is 2.33. The number of hydrogen-bond donors (Lipinski definition) is 1. The van der Waals surface area contributed by atoms with E-state index in [4.69, 9.17) is 4.74 Å². The van der Waals surface area contributed by atoms with Crippen LogP contribution in [0.5, 0.6) is 5.75 Å². The molecule has 0 saturated heterocycles. The maximum absolute atomic E-state index is 12.0. The van der Waals surface area contributed by atoms with Gasteiger partial charge in [-0.25, -0.2) is 0 Å². The molecular weight excluding hydrogens is 252 g/mol. The number of rotatable bonds is 3. The molecular formula is C16H18N2O2. The number of carbonyl (C=O) groups is 1. The molecule has 104 valence electrons. The van der Waals surface area contributed by atoms with Crippen LogP contribution in [0.3, 0.4) is 0 Å². The summed E-state index contributed by atoms with van der Waals surface area (Å²) < 4.78 is 5.17. The molecule has 1 aliphatic carbocycles. The predicted molar refractivity (Wildman–Crippen MR) is 77.3 cm³/mol. The first-order chi connectivity index (χ1) is 9.45. The Labute approximate surface area is 119 Å². The van der Waals surface area contributed by atoms with Crippen LogP contribution >= 0.6 is 0 Å². The number of ether oxygens (including phenoxy) is 1. The molecule has 4 nitrogen and oxygen atoms in total. The zero-order chi connectivity index (χ0) is 14.8. The summed E-state index contributed by atoms with van der Waals surface area (Å²) in [7, 11) is 1.60. The number of allylic oxidation sites excluding steroid dienone is 2. The van der Waals surface area contributed by atoms with Crippen molar-refractivity contribution in [3.8, 4) is 11.8 Å². The molecule has 4 heteroatoms. The van der Waals surface area contributed by atoms with Gasteiger partial charge >= 0.3 is 0 Å². The van der Waals surface area contributed by atoms with Gasteiger partial charge in [-0.2, -0.15) is 5.26 Å². The molecule has 1 N–H and O–H groups in total. The Kier molecular flexibility index (Phi) is 3.80. The zero-order valence-corrected chi connectivity index (χ0v) is 12.0. The van der Waals surface area contributed by atoms with Gasteiger partial charge in [0.15, 0.2) is 5.78 Å². The molecule has 0 fully saturated rings. The van der Waals surface area contributed by atoms with Gasteiger partial charge in [0.05, 0.1) is 7.11 Å². The van der Waals surface area contributed by atoms with Crippen LogP contribution in [-0.4, -0.2) is 12.9 Å². The summed E-state index contributed by atoms with van der Waals surface area (Å²) in [5.41, 5.74) is 1.63. The molecule has 0 spiro atoms. The van der Waals surface area contributed by atoms with Crippen molar-refractivity contribution in [1.29, 1.82) is 5.26 Å². The number of nitrogens with one attached hydrogen (secondary N) is 1. The Balaban J connectivity index is 2.34. The fourth-order valence-electron chi connectivity index (χ4n) is 2.43. The van der Waals surface area contributed by atoms with Gasteiger partial charge in [0, 0.05) is 23.9 Å². The van der Waals surface area contributed by atoms with E-state index >= 15 is 0 Å².